The Kier molecular flexibility index (Phi) is 7.02. The topological polar surface area (TPSA) is 96.3 Å². The summed E-state index contributed by atoms with van der Waals surface area (Å²) in [5.74, 6) is -2.48. The minimum atomic E-state index is -1.11. The molecule has 0 saturated carbocycles. The number of hydrogen-bond acceptors (Lipinski definition) is 5. The van der Waals surface area contributed by atoms with E-state index < -0.39 is 17.9 Å². The zero-order chi connectivity index (χ0) is 22.5. The van der Waals surface area contributed by atoms with Crippen LogP contribution in [0.2, 0.25) is 0 Å². The van der Waals surface area contributed by atoms with E-state index in [0.717, 1.165) is 4.47 Å². The number of hydrogen-bond donors (Lipinski definition) is 1. The molecule has 7 nitrogen and oxygen atoms in total. The predicted octanol–water partition coefficient (Wildman–Crippen LogP) is 4.52. The lowest BCUT2D eigenvalue weighted by Crippen LogP contribution is -2.28. The van der Waals surface area contributed by atoms with Gasteiger partial charge in [-0.2, -0.15) is 5.10 Å². The molecular formula is C23H21BrN2O5. The van der Waals surface area contributed by atoms with Crippen molar-refractivity contribution < 1.29 is 24.2 Å². The lowest BCUT2D eigenvalue weighted by atomic mass is 9.92. The molecule has 1 unspecified atom stereocenters. The van der Waals surface area contributed by atoms with Gasteiger partial charge in [0.2, 0.25) is 0 Å². The first-order chi connectivity index (χ1) is 14.8. The second-order valence-corrected chi connectivity index (χ2v) is 7.83. The molecule has 0 saturated heterocycles. The normalized spacial score (nSPS) is 16.3. The Labute approximate surface area is 188 Å². The number of carbonyl (C=O) groups excluding carboxylic acids is 2. The summed E-state index contributed by atoms with van der Waals surface area (Å²) in [4.78, 5) is 36.5. The van der Waals surface area contributed by atoms with Crippen molar-refractivity contribution in [1.29, 1.82) is 0 Å². The largest absolute Gasteiger partial charge is 0.478 e. The monoisotopic (exact) mass is 484 g/mol. The third kappa shape index (κ3) is 5.08. The quantitative estimate of drug-likeness (QED) is 0.460. The van der Waals surface area contributed by atoms with Crippen molar-refractivity contribution in [3.8, 4) is 0 Å². The fourth-order valence-electron chi connectivity index (χ4n) is 3.29. The summed E-state index contributed by atoms with van der Waals surface area (Å²) in [7, 11) is 1.29. The highest BCUT2D eigenvalue weighted by Crippen LogP contribution is 2.30. The number of carbonyl (C=O) groups is 3. The number of carboxylic acid groups (broad SMARTS) is 1. The number of halogens is 1. The van der Waals surface area contributed by atoms with Gasteiger partial charge >= 0.3 is 11.9 Å². The fourth-order valence-corrected chi connectivity index (χ4v) is 3.55. The number of amides is 1. The number of ether oxygens (including phenoxy) is 1. The lowest BCUT2D eigenvalue weighted by molar-refractivity contribution is -0.132. The summed E-state index contributed by atoms with van der Waals surface area (Å²) >= 11 is 3.37. The van der Waals surface area contributed by atoms with Gasteiger partial charge in [0, 0.05) is 10.0 Å². The third-order valence-electron chi connectivity index (χ3n) is 4.94. The van der Waals surface area contributed by atoms with Crippen molar-refractivity contribution in [2.45, 2.75) is 19.8 Å². The highest BCUT2D eigenvalue weighted by Gasteiger charge is 2.37. The van der Waals surface area contributed by atoms with E-state index in [1.807, 2.05) is 19.1 Å². The van der Waals surface area contributed by atoms with E-state index in [1.165, 1.54) is 18.2 Å². The van der Waals surface area contributed by atoms with Crippen LogP contribution in [0.15, 0.2) is 63.7 Å². The first kappa shape index (κ1) is 22.4. The highest BCUT2D eigenvalue weighted by atomic mass is 79.9. The van der Waals surface area contributed by atoms with Crippen LogP contribution in [0.1, 0.15) is 35.7 Å². The maximum absolute atomic E-state index is 13.1. The molecule has 0 aliphatic carbocycles. The SMILES string of the molecule is CCC1=NN(c2ccc(Br)cc2)C(=O)C1C/C(=C/c1ccc(C(=O)OC)cc1)C(=O)O. The lowest BCUT2D eigenvalue weighted by Gasteiger charge is -2.15. The summed E-state index contributed by atoms with van der Waals surface area (Å²) in [5, 5.41) is 15.5. The molecule has 1 atom stereocenters. The highest BCUT2D eigenvalue weighted by molar-refractivity contribution is 9.10. The van der Waals surface area contributed by atoms with Crippen molar-refractivity contribution in [3.05, 3.63) is 69.7 Å². The fraction of sp³-hybridized carbons (Fsp3) is 0.217. The molecule has 0 radical (unpaired) electrons. The van der Waals surface area contributed by atoms with Crippen molar-refractivity contribution in [2.75, 3.05) is 12.1 Å². The number of methoxy groups -OCH3 is 1. The van der Waals surface area contributed by atoms with Gasteiger partial charge in [-0.25, -0.2) is 14.6 Å². The third-order valence-corrected chi connectivity index (χ3v) is 5.47. The van der Waals surface area contributed by atoms with Crippen LogP contribution in [0, 0.1) is 5.92 Å². The molecule has 3 rings (SSSR count). The van der Waals surface area contributed by atoms with Crippen molar-refractivity contribution in [1.82, 2.24) is 0 Å². The zero-order valence-corrected chi connectivity index (χ0v) is 18.6. The molecule has 1 N–H and O–H groups in total. The Morgan fingerprint density at radius 1 is 1.16 bits per heavy atom. The molecule has 0 spiro atoms. The molecule has 0 aromatic heterocycles. The van der Waals surface area contributed by atoms with Gasteiger partial charge in [-0.1, -0.05) is 35.0 Å². The Bertz CT molecular complexity index is 1060. The second kappa shape index (κ2) is 9.70. The van der Waals surface area contributed by atoms with Crippen LogP contribution in [-0.4, -0.2) is 35.8 Å². The number of nitrogens with zero attached hydrogens (tertiary/aromatic N) is 2. The molecule has 0 fully saturated rings. The van der Waals surface area contributed by atoms with E-state index in [2.05, 4.69) is 25.8 Å². The number of carboxylic acids is 1. The zero-order valence-electron chi connectivity index (χ0n) is 17.0. The van der Waals surface area contributed by atoms with E-state index >= 15 is 0 Å². The predicted molar refractivity (Wildman–Crippen MR) is 121 cm³/mol. The van der Waals surface area contributed by atoms with Gasteiger partial charge < -0.3 is 9.84 Å². The van der Waals surface area contributed by atoms with E-state index in [0.29, 0.717) is 28.9 Å². The summed E-state index contributed by atoms with van der Waals surface area (Å²) < 4.78 is 5.55. The minimum absolute atomic E-state index is 0.0205. The molecule has 160 valence electrons. The Morgan fingerprint density at radius 2 is 1.81 bits per heavy atom. The van der Waals surface area contributed by atoms with Gasteiger partial charge in [0.1, 0.15) is 0 Å². The number of anilines is 1. The minimum Gasteiger partial charge on any atom is -0.478 e. The van der Waals surface area contributed by atoms with Crippen LogP contribution < -0.4 is 5.01 Å². The van der Waals surface area contributed by atoms with Crippen molar-refractivity contribution in [2.24, 2.45) is 11.0 Å². The molecule has 31 heavy (non-hydrogen) atoms. The van der Waals surface area contributed by atoms with Gasteiger partial charge in [0.25, 0.3) is 5.91 Å². The van der Waals surface area contributed by atoms with Crippen LogP contribution in [0.3, 0.4) is 0 Å². The van der Waals surface area contributed by atoms with Crippen LogP contribution in [0.25, 0.3) is 6.08 Å². The molecule has 0 bridgehead atoms. The standard InChI is InChI=1S/C23H21BrN2O5/c1-3-20-19(21(27)26(25-20)18-10-8-17(24)9-11-18)13-16(22(28)29)12-14-4-6-15(7-5-14)23(30)31-2/h4-12,19H,3,13H2,1-2H3,(H,28,29)/b16-12-. The van der Waals surface area contributed by atoms with E-state index in [1.54, 1.807) is 36.4 Å². The maximum Gasteiger partial charge on any atom is 0.337 e. The van der Waals surface area contributed by atoms with Crippen LogP contribution >= 0.6 is 15.9 Å². The molecule has 1 aliphatic rings. The Hall–Kier alpha value is -3.26. The van der Waals surface area contributed by atoms with Crippen molar-refractivity contribution in [3.63, 3.8) is 0 Å². The van der Waals surface area contributed by atoms with Gasteiger partial charge in [0.05, 0.1) is 30.0 Å². The number of aliphatic carboxylic acids is 1. The van der Waals surface area contributed by atoms with Gasteiger partial charge in [-0.15, -0.1) is 0 Å². The molecule has 2 aromatic rings. The number of rotatable bonds is 7. The number of benzene rings is 2. The maximum atomic E-state index is 13.1. The van der Waals surface area contributed by atoms with E-state index in [4.69, 9.17) is 0 Å². The van der Waals surface area contributed by atoms with Crippen molar-refractivity contribution >= 4 is 51.3 Å². The average molecular weight is 485 g/mol. The summed E-state index contributed by atoms with van der Waals surface area (Å²) in [6, 6.07) is 13.6. The average Bonchev–Trinajstić information content (AvgIpc) is 3.09. The number of hydrazone groups is 1. The first-order valence-electron chi connectivity index (χ1n) is 9.63. The van der Waals surface area contributed by atoms with Gasteiger partial charge in [-0.3, -0.25) is 4.79 Å². The van der Waals surface area contributed by atoms with Gasteiger partial charge in [0.15, 0.2) is 0 Å². The Balaban J connectivity index is 1.85. The molecule has 2 aromatic carbocycles. The van der Waals surface area contributed by atoms with Crippen LogP contribution in [0.5, 0.6) is 0 Å². The Morgan fingerprint density at radius 3 is 2.35 bits per heavy atom. The van der Waals surface area contributed by atoms with Crippen LogP contribution in [-0.2, 0) is 14.3 Å². The molecule has 1 heterocycles. The van der Waals surface area contributed by atoms with Crippen LogP contribution in [0.4, 0.5) is 5.69 Å². The second-order valence-electron chi connectivity index (χ2n) is 6.92. The summed E-state index contributed by atoms with van der Waals surface area (Å²) in [6.45, 7) is 1.89. The summed E-state index contributed by atoms with van der Waals surface area (Å²) in [6.07, 6.45) is 2.06. The molecule has 1 aliphatic heterocycles. The van der Waals surface area contributed by atoms with Gasteiger partial charge in [-0.05, 0) is 60.9 Å². The summed E-state index contributed by atoms with van der Waals surface area (Å²) in [5.41, 5.74) is 2.33. The van der Waals surface area contributed by atoms with E-state index in [9.17, 15) is 19.5 Å². The number of esters is 1. The molecular weight excluding hydrogens is 464 g/mol. The first-order valence-corrected chi connectivity index (χ1v) is 10.4. The smallest absolute Gasteiger partial charge is 0.337 e. The van der Waals surface area contributed by atoms with E-state index in [-0.39, 0.29) is 17.9 Å². The molecule has 1 amide bonds. The molecule has 8 heteroatoms.